The van der Waals surface area contributed by atoms with Crippen LogP contribution in [0.5, 0.6) is 0 Å². The Hall–Kier alpha value is -2.09. The molecule has 1 rings (SSSR count). The van der Waals surface area contributed by atoms with Crippen molar-refractivity contribution >= 4 is 11.6 Å². The molecule has 3 nitrogen and oxygen atoms in total. The molecule has 1 atom stereocenters. The van der Waals surface area contributed by atoms with E-state index in [9.17, 15) is 13.6 Å². The molecule has 0 fully saturated rings. The molecule has 0 bridgehead atoms. The summed E-state index contributed by atoms with van der Waals surface area (Å²) in [6, 6.07) is 1.03. The van der Waals surface area contributed by atoms with Gasteiger partial charge in [0.1, 0.15) is 11.6 Å². The van der Waals surface area contributed by atoms with Crippen LogP contribution in [0, 0.1) is 24.0 Å². The lowest BCUT2D eigenvalue weighted by atomic mass is 10.1. The lowest BCUT2D eigenvalue weighted by Gasteiger charge is -2.11. The molecule has 90 valence electrons. The molecule has 5 heteroatoms. The Morgan fingerprint density at radius 1 is 1.53 bits per heavy atom. The van der Waals surface area contributed by atoms with Crippen LogP contribution >= 0.6 is 0 Å². The fourth-order valence-electron chi connectivity index (χ4n) is 1.24. The molecule has 1 aromatic carbocycles. The molecule has 1 aromatic rings. The summed E-state index contributed by atoms with van der Waals surface area (Å²) in [5.74, 6) is -0.242. The lowest BCUT2D eigenvalue weighted by Crippen LogP contribution is -2.33. The number of halogens is 2. The van der Waals surface area contributed by atoms with Gasteiger partial charge in [0.05, 0.1) is 17.3 Å². The van der Waals surface area contributed by atoms with Gasteiger partial charge in [0.25, 0.3) is 5.91 Å². The van der Waals surface area contributed by atoms with Crippen molar-refractivity contribution in [1.82, 2.24) is 5.32 Å². The molecule has 17 heavy (non-hydrogen) atoms. The van der Waals surface area contributed by atoms with Gasteiger partial charge in [0.15, 0.2) is 0 Å². The Morgan fingerprint density at radius 2 is 2.18 bits per heavy atom. The minimum absolute atomic E-state index is 0.287. The predicted molar refractivity (Wildman–Crippen MR) is 61.1 cm³/mol. The molecular formula is C12H12F2N2O. The first-order valence-corrected chi connectivity index (χ1v) is 5.01. The average Bonchev–Trinajstić information content (AvgIpc) is 2.30. The van der Waals surface area contributed by atoms with E-state index in [4.69, 9.17) is 12.2 Å². The zero-order chi connectivity index (χ0) is 13.0. The molecule has 1 unspecified atom stereocenters. The van der Waals surface area contributed by atoms with E-state index in [1.807, 2.05) is 0 Å². The van der Waals surface area contributed by atoms with E-state index >= 15 is 0 Å². The van der Waals surface area contributed by atoms with E-state index in [1.165, 1.54) is 0 Å². The van der Waals surface area contributed by atoms with Gasteiger partial charge in [0.2, 0.25) is 0 Å². The number of anilines is 1. The summed E-state index contributed by atoms with van der Waals surface area (Å²) in [5, 5.41) is 2.43. The van der Waals surface area contributed by atoms with Gasteiger partial charge in [-0.05, 0) is 12.5 Å². The van der Waals surface area contributed by atoms with Crippen molar-refractivity contribution < 1.29 is 13.6 Å². The van der Waals surface area contributed by atoms with Crippen LogP contribution in [0.3, 0.4) is 0 Å². The number of terminal acetylenes is 1. The minimum atomic E-state index is -0.971. The second kappa shape index (κ2) is 5.30. The molecule has 0 heterocycles. The summed E-state index contributed by atoms with van der Waals surface area (Å²) >= 11 is 0. The topological polar surface area (TPSA) is 55.1 Å². The first kappa shape index (κ1) is 13.0. The molecule has 0 aliphatic carbocycles. The third-order valence-electron chi connectivity index (χ3n) is 2.25. The SMILES string of the molecule is C#CC(CC)NC(=O)c1cc(N)c(F)cc1F. The van der Waals surface area contributed by atoms with Crippen LogP contribution < -0.4 is 11.1 Å². The molecule has 0 spiro atoms. The molecule has 0 saturated heterocycles. The van der Waals surface area contributed by atoms with Gasteiger partial charge >= 0.3 is 0 Å². The summed E-state index contributed by atoms with van der Waals surface area (Å²) in [7, 11) is 0. The normalized spacial score (nSPS) is 11.6. The molecule has 3 N–H and O–H groups in total. The van der Waals surface area contributed by atoms with E-state index in [-0.39, 0.29) is 11.3 Å². The number of carbonyl (C=O) groups excluding carboxylic acids is 1. The molecule has 0 aliphatic rings. The summed E-state index contributed by atoms with van der Waals surface area (Å²) < 4.78 is 26.2. The Bertz CT molecular complexity index is 480. The highest BCUT2D eigenvalue weighted by Gasteiger charge is 2.16. The molecule has 0 aliphatic heterocycles. The first-order valence-electron chi connectivity index (χ1n) is 5.01. The van der Waals surface area contributed by atoms with Crippen molar-refractivity contribution in [1.29, 1.82) is 0 Å². The molecular weight excluding hydrogens is 226 g/mol. The number of benzene rings is 1. The number of hydrogen-bond acceptors (Lipinski definition) is 2. The van der Waals surface area contributed by atoms with Crippen molar-refractivity contribution in [3.05, 3.63) is 29.3 Å². The number of nitrogen functional groups attached to an aromatic ring is 1. The number of nitrogens with two attached hydrogens (primary N) is 1. The van der Waals surface area contributed by atoms with Crippen molar-refractivity contribution in [2.75, 3.05) is 5.73 Å². The number of hydrogen-bond donors (Lipinski definition) is 2. The van der Waals surface area contributed by atoms with Gasteiger partial charge in [-0.3, -0.25) is 4.79 Å². The Kier molecular flexibility index (Phi) is 4.05. The zero-order valence-electron chi connectivity index (χ0n) is 9.26. The maximum absolute atomic E-state index is 13.3. The Labute approximate surface area is 98.0 Å². The molecule has 0 aromatic heterocycles. The Morgan fingerprint density at radius 3 is 2.71 bits per heavy atom. The van der Waals surface area contributed by atoms with Crippen LogP contribution in [0.4, 0.5) is 14.5 Å². The number of rotatable bonds is 3. The number of carbonyl (C=O) groups is 1. The van der Waals surface area contributed by atoms with Gasteiger partial charge in [-0.15, -0.1) is 6.42 Å². The van der Waals surface area contributed by atoms with Gasteiger partial charge in [-0.1, -0.05) is 12.8 Å². The highest BCUT2D eigenvalue weighted by molar-refractivity contribution is 5.95. The average molecular weight is 238 g/mol. The van der Waals surface area contributed by atoms with Gasteiger partial charge in [0, 0.05) is 6.07 Å². The van der Waals surface area contributed by atoms with Gasteiger partial charge < -0.3 is 11.1 Å². The largest absolute Gasteiger partial charge is 0.396 e. The minimum Gasteiger partial charge on any atom is -0.396 e. The summed E-state index contributed by atoms with van der Waals surface area (Å²) in [6.07, 6.45) is 5.67. The quantitative estimate of drug-likeness (QED) is 0.622. The zero-order valence-corrected chi connectivity index (χ0v) is 9.26. The van der Waals surface area contributed by atoms with Crippen molar-refractivity contribution in [2.24, 2.45) is 0 Å². The highest BCUT2D eigenvalue weighted by Crippen LogP contribution is 2.16. The van der Waals surface area contributed by atoms with Crippen LogP contribution in [-0.2, 0) is 0 Å². The fraction of sp³-hybridized carbons (Fsp3) is 0.250. The van der Waals surface area contributed by atoms with Crippen LogP contribution in [0.1, 0.15) is 23.7 Å². The fourth-order valence-corrected chi connectivity index (χ4v) is 1.24. The second-order valence-corrected chi connectivity index (χ2v) is 3.45. The van der Waals surface area contributed by atoms with Crippen LogP contribution in [0.25, 0.3) is 0 Å². The molecule has 0 saturated carbocycles. The van der Waals surface area contributed by atoms with Crippen LogP contribution in [-0.4, -0.2) is 11.9 Å². The summed E-state index contributed by atoms with van der Waals surface area (Å²) in [4.78, 5) is 11.6. The Balaban J connectivity index is 2.98. The second-order valence-electron chi connectivity index (χ2n) is 3.45. The van der Waals surface area contributed by atoms with Gasteiger partial charge in [-0.25, -0.2) is 8.78 Å². The van der Waals surface area contributed by atoms with E-state index in [1.54, 1.807) is 6.92 Å². The maximum atomic E-state index is 13.3. The lowest BCUT2D eigenvalue weighted by molar-refractivity contribution is 0.0941. The van der Waals surface area contributed by atoms with Crippen LogP contribution in [0.2, 0.25) is 0 Å². The van der Waals surface area contributed by atoms with Crippen molar-refractivity contribution in [2.45, 2.75) is 19.4 Å². The van der Waals surface area contributed by atoms with Crippen LogP contribution in [0.15, 0.2) is 12.1 Å². The predicted octanol–water partition coefficient (Wildman–Crippen LogP) is 1.69. The van der Waals surface area contributed by atoms with Gasteiger partial charge in [-0.2, -0.15) is 0 Å². The highest BCUT2D eigenvalue weighted by atomic mass is 19.1. The van der Waals surface area contributed by atoms with E-state index < -0.39 is 23.6 Å². The smallest absolute Gasteiger partial charge is 0.255 e. The monoisotopic (exact) mass is 238 g/mol. The van der Waals surface area contributed by atoms with E-state index in [0.29, 0.717) is 12.5 Å². The van der Waals surface area contributed by atoms with E-state index in [0.717, 1.165) is 6.07 Å². The first-order chi connectivity index (χ1) is 7.99. The third-order valence-corrected chi connectivity index (χ3v) is 2.25. The standard InChI is InChI=1S/C12H12F2N2O/c1-3-7(4-2)16-12(17)8-5-11(15)10(14)6-9(8)13/h1,5-7H,4,15H2,2H3,(H,16,17). The third kappa shape index (κ3) is 2.94. The summed E-state index contributed by atoms with van der Waals surface area (Å²) in [6.45, 7) is 1.78. The van der Waals surface area contributed by atoms with Crippen molar-refractivity contribution in [3.63, 3.8) is 0 Å². The number of nitrogens with one attached hydrogen (secondary N) is 1. The van der Waals surface area contributed by atoms with E-state index in [2.05, 4.69) is 11.2 Å². The summed E-state index contributed by atoms with van der Waals surface area (Å²) in [5.41, 5.74) is 4.65. The maximum Gasteiger partial charge on any atom is 0.255 e. The molecule has 0 radical (unpaired) electrons. The molecule has 1 amide bonds. The number of amides is 1. The van der Waals surface area contributed by atoms with Crippen molar-refractivity contribution in [3.8, 4) is 12.3 Å².